The summed E-state index contributed by atoms with van der Waals surface area (Å²) in [6.07, 6.45) is 0.827. The number of nitrogens with one attached hydrogen (secondary N) is 1. The van der Waals surface area contributed by atoms with Gasteiger partial charge in [0.2, 0.25) is 15.9 Å². The summed E-state index contributed by atoms with van der Waals surface area (Å²) in [6, 6.07) is 4.00. The maximum absolute atomic E-state index is 13.2. The highest BCUT2D eigenvalue weighted by molar-refractivity contribution is 7.89. The quantitative estimate of drug-likeness (QED) is 0.745. The molecule has 0 bridgehead atoms. The Morgan fingerprint density at radius 2 is 2.04 bits per heavy atom. The molecule has 0 saturated carbocycles. The maximum Gasteiger partial charge on any atom is 0.404 e. The van der Waals surface area contributed by atoms with Crippen molar-refractivity contribution in [2.75, 3.05) is 13.2 Å². The number of rotatable bonds is 6. The Labute approximate surface area is 157 Å². The highest BCUT2D eigenvalue weighted by atomic mass is 35.5. The van der Waals surface area contributed by atoms with Crippen LogP contribution in [0.5, 0.6) is 0 Å². The second-order valence-corrected chi connectivity index (χ2v) is 8.35. The molecular weight excluding hydrogens is 382 g/mol. The number of carbonyl (C=O) groups excluding carboxylic acids is 2. The minimum absolute atomic E-state index is 0.00451. The first-order chi connectivity index (χ1) is 12.2. The van der Waals surface area contributed by atoms with Crippen molar-refractivity contribution in [3.63, 3.8) is 0 Å². The maximum atomic E-state index is 13.2. The van der Waals surface area contributed by atoms with Gasteiger partial charge in [-0.3, -0.25) is 4.79 Å². The largest absolute Gasteiger partial charge is 0.448 e. The number of amides is 2. The van der Waals surface area contributed by atoms with Crippen LogP contribution in [0.15, 0.2) is 29.2 Å². The SMILES string of the molecule is CC(COC(N)=O)N([C@@H]1CCCCNC1=O)S(=O)(=O)c1ccc(Cl)cc1. The zero-order valence-corrected chi connectivity index (χ0v) is 15.9. The van der Waals surface area contributed by atoms with Crippen LogP contribution < -0.4 is 11.1 Å². The molecule has 1 unspecified atom stereocenters. The summed E-state index contributed by atoms with van der Waals surface area (Å²) in [5.74, 6) is -0.369. The van der Waals surface area contributed by atoms with Crippen LogP contribution in [0, 0.1) is 0 Å². The lowest BCUT2D eigenvalue weighted by molar-refractivity contribution is -0.125. The molecule has 0 radical (unpaired) electrons. The first kappa shape index (κ1) is 20.5. The fourth-order valence-corrected chi connectivity index (χ4v) is 4.80. The van der Waals surface area contributed by atoms with Gasteiger partial charge in [0.1, 0.15) is 12.6 Å². The van der Waals surface area contributed by atoms with Crippen molar-refractivity contribution in [3.05, 3.63) is 29.3 Å². The van der Waals surface area contributed by atoms with Gasteiger partial charge in [0.05, 0.1) is 10.9 Å². The van der Waals surface area contributed by atoms with Crippen molar-refractivity contribution in [3.8, 4) is 0 Å². The highest BCUT2D eigenvalue weighted by Crippen LogP contribution is 2.26. The van der Waals surface area contributed by atoms with Crippen molar-refractivity contribution in [2.24, 2.45) is 5.73 Å². The zero-order chi connectivity index (χ0) is 19.3. The van der Waals surface area contributed by atoms with Crippen LogP contribution in [-0.2, 0) is 19.6 Å². The molecule has 0 aromatic heterocycles. The smallest absolute Gasteiger partial charge is 0.404 e. The van der Waals surface area contributed by atoms with Crippen molar-refractivity contribution in [2.45, 2.75) is 43.2 Å². The number of sulfonamides is 1. The average Bonchev–Trinajstić information content (AvgIpc) is 2.78. The standard InChI is InChI=1S/C16H22ClN3O5S/c1-11(10-25-16(18)22)20(14-4-2-3-9-19-15(14)21)26(23,24)13-7-5-12(17)6-8-13/h5-8,11,14H,2-4,9-10H2,1H3,(H2,18,22)(H,19,21)/t11?,14-/m1/s1. The van der Waals surface area contributed by atoms with Gasteiger partial charge in [-0.05, 0) is 50.5 Å². The summed E-state index contributed by atoms with van der Waals surface area (Å²) in [5.41, 5.74) is 4.99. The summed E-state index contributed by atoms with van der Waals surface area (Å²) < 4.78 is 32.3. The minimum atomic E-state index is -4.03. The lowest BCUT2D eigenvalue weighted by Gasteiger charge is -2.33. The average molecular weight is 404 g/mol. The number of primary amides is 1. The Bertz CT molecular complexity index is 754. The molecule has 26 heavy (non-hydrogen) atoms. The molecule has 1 saturated heterocycles. The van der Waals surface area contributed by atoms with E-state index in [9.17, 15) is 18.0 Å². The Morgan fingerprint density at radius 1 is 1.38 bits per heavy atom. The molecule has 1 fully saturated rings. The van der Waals surface area contributed by atoms with Crippen LogP contribution in [0.3, 0.4) is 0 Å². The van der Waals surface area contributed by atoms with Gasteiger partial charge in [-0.25, -0.2) is 13.2 Å². The molecule has 1 aromatic rings. The van der Waals surface area contributed by atoms with E-state index >= 15 is 0 Å². The molecule has 0 aliphatic carbocycles. The second kappa shape index (κ2) is 8.70. The Hall–Kier alpha value is -1.84. The first-order valence-electron chi connectivity index (χ1n) is 8.22. The summed E-state index contributed by atoms with van der Waals surface area (Å²) in [4.78, 5) is 23.4. The van der Waals surface area contributed by atoms with Crippen LogP contribution in [0.4, 0.5) is 4.79 Å². The second-order valence-electron chi connectivity index (χ2n) is 6.07. The summed E-state index contributed by atoms with van der Waals surface area (Å²) in [5, 5.41) is 3.13. The molecule has 10 heteroatoms. The topological polar surface area (TPSA) is 119 Å². The van der Waals surface area contributed by atoms with E-state index in [0.29, 0.717) is 24.4 Å². The number of halogens is 1. The molecule has 1 aliphatic heterocycles. The van der Waals surface area contributed by atoms with Crippen molar-refractivity contribution < 1.29 is 22.7 Å². The molecule has 2 amide bonds. The fourth-order valence-electron chi connectivity index (χ4n) is 2.88. The number of nitrogens with two attached hydrogens (primary N) is 1. The predicted octanol–water partition coefficient (Wildman–Crippen LogP) is 1.48. The van der Waals surface area contributed by atoms with E-state index in [1.807, 2.05) is 0 Å². The van der Waals surface area contributed by atoms with E-state index in [-0.39, 0.29) is 17.4 Å². The molecule has 2 rings (SSSR count). The van der Waals surface area contributed by atoms with Gasteiger partial charge >= 0.3 is 6.09 Å². The van der Waals surface area contributed by atoms with E-state index in [0.717, 1.165) is 10.7 Å². The van der Waals surface area contributed by atoms with Crippen molar-refractivity contribution in [1.29, 1.82) is 0 Å². The zero-order valence-electron chi connectivity index (χ0n) is 14.4. The van der Waals surface area contributed by atoms with Crippen LogP contribution in [0.2, 0.25) is 5.02 Å². The third kappa shape index (κ3) is 4.87. The van der Waals surface area contributed by atoms with E-state index in [1.54, 1.807) is 6.92 Å². The van der Waals surface area contributed by atoms with Gasteiger partial charge in [0.15, 0.2) is 0 Å². The Balaban J connectivity index is 2.42. The number of hydrogen-bond donors (Lipinski definition) is 2. The van der Waals surface area contributed by atoms with E-state index in [2.05, 4.69) is 5.32 Å². The molecule has 1 heterocycles. The Morgan fingerprint density at radius 3 is 2.65 bits per heavy atom. The molecular formula is C16H22ClN3O5S. The van der Waals surface area contributed by atoms with Gasteiger partial charge in [-0.1, -0.05) is 11.6 Å². The molecule has 0 spiro atoms. The molecule has 8 nitrogen and oxygen atoms in total. The van der Waals surface area contributed by atoms with Gasteiger partial charge in [0.25, 0.3) is 0 Å². The van der Waals surface area contributed by atoms with Gasteiger partial charge < -0.3 is 15.8 Å². The highest BCUT2D eigenvalue weighted by Gasteiger charge is 2.40. The van der Waals surface area contributed by atoms with Gasteiger partial charge in [0, 0.05) is 11.6 Å². The minimum Gasteiger partial charge on any atom is -0.448 e. The molecule has 2 atom stereocenters. The number of hydrogen-bond acceptors (Lipinski definition) is 5. The lowest BCUT2D eigenvalue weighted by atomic mass is 10.1. The molecule has 3 N–H and O–H groups in total. The Kier molecular flexibility index (Phi) is 6.85. The summed E-state index contributed by atoms with van der Waals surface area (Å²) >= 11 is 5.84. The number of benzene rings is 1. The summed E-state index contributed by atoms with van der Waals surface area (Å²) in [6.45, 7) is 1.80. The number of carbonyl (C=O) groups is 2. The van der Waals surface area contributed by atoms with E-state index in [1.165, 1.54) is 24.3 Å². The monoisotopic (exact) mass is 403 g/mol. The molecule has 144 valence electrons. The predicted molar refractivity (Wildman–Crippen MR) is 96.1 cm³/mol. The lowest BCUT2D eigenvalue weighted by Crippen LogP contribution is -2.53. The molecule has 1 aliphatic rings. The molecule has 1 aromatic carbocycles. The van der Waals surface area contributed by atoms with Crippen LogP contribution >= 0.6 is 11.6 Å². The third-order valence-electron chi connectivity index (χ3n) is 4.10. The van der Waals surface area contributed by atoms with Gasteiger partial charge in [-0.15, -0.1) is 0 Å². The van der Waals surface area contributed by atoms with Crippen LogP contribution in [0.25, 0.3) is 0 Å². The van der Waals surface area contributed by atoms with E-state index in [4.69, 9.17) is 22.1 Å². The van der Waals surface area contributed by atoms with Gasteiger partial charge in [-0.2, -0.15) is 4.31 Å². The van der Waals surface area contributed by atoms with Crippen molar-refractivity contribution in [1.82, 2.24) is 9.62 Å². The van der Waals surface area contributed by atoms with Crippen molar-refractivity contribution >= 4 is 33.6 Å². The fraction of sp³-hybridized carbons (Fsp3) is 0.500. The van der Waals surface area contributed by atoms with E-state index < -0.39 is 28.2 Å². The summed E-state index contributed by atoms with van der Waals surface area (Å²) in [7, 11) is -4.03. The van der Waals surface area contributed by atoms with Crippen LogP contribution in [0.1, 0.15) is 26.2 Å². The normalized spacial score (nSPS) is 19.5. The van der Waals surface area contributed by atoms with Crippen LogP contribution in [-0.4, -0.2) is 50.0 Å². The first-order valence-corrected chi connectivity index (χ1v) is 10.0. The third-order valence-corrected chi connectivity index (χ3v) is 6.39. The number of nitrogens with zero attached hydrogens (tertiary/aromatic N) is 1. The number of ether oxygens (including phenoxy) is 1.